The molecule has 0 radical (unpaired) electrons. The van der Waals surface area contributed by atoms with Crippen LogP contribution >= 0.6 is 11.6 Å². The van der Waals surface area contributed by atoms with Crippen molar-refractivity contribution in [3.63, 3.8) is 0 Å². The summed E-state index contributed by atoms with van der Waals surface area (Å²) in [5.74, 6) is 3.52. The van der Waals surface area contributed by atoms with Crippen LogP contribution in [0.3, 0.4) is 0 Å². The summed E-state index contributed by atoms with van der Waals surface area (Å²) >= 11 is 6.10. The van der Waals surface area contributed by atoms with Gasteiger partial charge < -0.3 is 33.3 Å². The fraction of sp³-hybridized carbons (Fsp3) is 0.625. The Morgan fingerprint density at radius 3 is 1.86 bits per heavy atom. The molecule has 3 heterocycles. The number of nitrogens with zero attached hydrogens (tertiary/aromatic N) is 4. The Kier molecular flexibility index (Phi) is 13.0. The number of fused-ring (bicyclic) bond motifs is 1. The van der Waals surface area contributed by atoms with Crippen LogP contribution in [0.5, 0.6) is 11.5 Å². The first-order valence-electron chi connectivity index (χ1n) is 18.7. The standard InChI is InChI=1S/C40H57ClN4O6/c1-39(2,3)50-37(46)43-23-18-29(19-24-43)10-8-22-45-33-12-7-13-34(36(33)42-35(45)28-49-32-16-14-31(41)15-17-32)48-27-9-11-30-20-25-44(26-21-30)38(47)51-40(4,5)6/h7,12-17,29-30H,8-11,18-28H2,1-6H3. The van der Waals surface area contributed by atoms with E-state index in [0.29, 0.717) is 30.1 Å². The Balaban J connectivity index is 1.16. The van der Waals surface area contributed by atoms with E-state index in [1.165, 1.54) is 0 Å². The summed E-state index contributed by atoms with van der Waals surface area (Å²) in [6.07, 6.45) is 7.58. The molecule has 0 unspecified atom stereocenters. The van der Waals surface area contributed by atoms with Crippen LogP contribution in [-0.2, 0) is 22.6 Å². The van der Waals surface area contributed by atoms with E-state index in [1.54, 1.807) is 0 Å². The highest BCUT2D eigenvalue weighted by Crippen LogP contribution is 2.30. The van der Waals surface area contributed by atoms with Crippen LogP contribution in [0, 0.1) is 11.8 Å². The normalized spacial score (nSPS) is 16.4. The van der Waals surface area contributed by atoms with Crippen molar-refractivity contribution in [1.29, 1.82) is 0 Å². The van der Waals surface area contributed by atoms with E-state index >= 15 is 0 Å². The van der Waals surface area contributed by atoms with Crippen molar-refractivity contribution < 1.29 is 28.5 Å². The number of rotatable bonds is 12. The summed E-state index contributed by atoms with van der Waals surface area (Å²) in [5.41, 5.74) is 0.934. The van der Waals surface area contributed by atoms with Gasteiger partial charge in [0.2, 0.25) is 0 Å². The Morgan fingerprint density at radius 1 is 0.765 bits per heavy atom. The number of hydrogen-bond donors (Lipinski definition) is 0. The number of aromatic nitrogens is 2. The van der Waals surface area contributed by atoms with Gasteiger partial charge in [-0.3, -0.25) is 0 Å². The first-order valence-corrected chi connectivity index (χ1v) is 19.1. The molecule has 0 aliphatic carbocycles. The van der Waals surface area contributed by atoms with Gasteiger partial charge in [0.1, 0.15) is 40.6 Å². The molecular weight excluding hydrogens is 668 g/mol. The van der Waals surface area contributed by atoms with Crippen molar-refractivity contribution in [2.75, 3.05) is 32.8 Å². The number of halogens is 1. The third-order valence-corrected chi connectivity index (χ3v) is 9.80. The molecule has 2 fully saturated rings. The lowest BCUT2D eigenvalue weighted by molar-refractivity contribution is 0.0169. The number of para-hydroxylation sites is 1. The van der Waals surface area contributed by atoms with Crippen molar-refractivity contribution in [2.24, 2.45) is 11.8 Å². The molecule has 0 spiro atoms. The molecule has 1 aromatic heterocycles. The quantitative estimate of drug-likeness (QED) is 0.172. The number of amides is 2. The number of likely N-dealkylation sites (tertiary alicyclic amines) is 2. The lowest BCUT2D eigenvalue weighted by atomic mass is 9.92. The molecule has 10 nitrogen and oxygen atoms in total. The molecule has 0 N–H and O–H groups in total. The van der Waals surface area contributed by atoms with E-state index in [1.807, 2.05) is 87.7 Å². The molecule has 280 valence electrons. The molecule has 5 rings (SSSR count). The van der Waals surface area contributed by atoms with Crippen LogP contribution in [0.4, 0.5) is 9.59 Å². The zero-order valence-electron chi connectivity index (χ0n) is 31.4. The third-order valence-electron chi connectivity index (χ3n) is 9.54. The molecule has 51 heavy (non-hydrogen) atoms. The fourth-order valence-corrected chi connectivity index (χ4v) is 7.00. The second kappa shape index (κ2) is 17.2. The Labute approximate surface area is 308 Å². The molecule has 0 atom stereocenters. The number of piperidine rings is 2. The third kappa shape index (κ3) is 11.7. The zero-order valence-corrected chi connectivity index (χ0v) is 32.2. The summed E-state index contributed by atoms with van der Waals surface area (Å²) in [5, 5.41) is 0.666. The van der Waals surface area contributed by atoms with Crippen LogP contribution in [0.15, 0.2) is 42.5 Å². The van der Waals surface area contributed by atoms with Gasteiger partial charge in [0, 0.05) is 37.7 Å². The summed E-state index contributed by atoms with van der Waals surface area (Å²) < 4.78 is 25.9. The van der Waals surface area contributed by atoms with Gasteiger partial charge in [-0.1, -0.05) is 17.7 Å². The number of carbonyl (C=O) groups excluding carboxylic acids is 2. The molecule has 3 aromatic rings. The maximum absolute atomic E-state index is 12.5. The first-order chi connectivity index (χ1) is 24.2. The van der Waals surface area contributed by atoms with Crippen molar-refractivity contribution in [1.82, 2.24) is 19.4 Å². The number of carbonyl (C=O) groups is 2. The Morgan fingerprint density at radius 2 is 1.31 bits per heavy atom. The van der Waals surface area contributed by atoms with Crippen LogP contribution in [0.2, 0.25) is 5.02 Å². The van der Waals surface area contributed by atoms with E-state index in [9.17, 15) is 9.59 Å². The topological polar surface area (TPSA) is 95.4 Å². The van der Waals surface area contributed by atoms with Crippen molar-refractivity contribution >= 4 is 34.8 Å². The predicted octanol–water partition coefficient (Wildman–Crippen LogP) is 9.50. The van der Waals surface area contributed by atoms with Crippen LogP contribution in [-0.4, -0.2) is 75.5 Å². The summed E-state index contributed by atoms with van der Waals surface area (Å²) in [6, 6.07) is 13.5. The summed E-state index contributed by atoms with van der Waals surface area (Å²) in [7, 11) is 0. The largest absolute Gasteiger partial charge is 0.491 e. The van der Waals surface area contributed by atoms with Gasteiger partial charge in [-0.15, -0.1) is 0 Å². The molecule has 2 aliphatic heterocycles. The van der Waals surface area contributed by atoms with Crippen LogP contribution in [0.25, 0.3) is 11.0 Å². The number of benzene rings is 2. The van der Waals surface area contributed by atoms with Crippen molar-refractivity contribution in [3.05, 3.63) is 53.3 Å². The Hall–Kier alpha value is -3.66. The van der Waals surface area contributed by atoms with Gasteiger partial charge in [-0.05, 0) is 141 Å². The molecule has 2 aliphatic rings. The first kappa shape index (κ1) is 38.6. The average molecular weight is 725 g/mol. The average Bonchev–Trinajstić information content (AvgIpc) is 3.43. The van der Waals surface area contributed by atoms with Gasteiger partial charge in [0.05, 0.1) is 12.1 Å². The molecule has 2 saturated heterocycles. The second-order valence-electron chi connectivity index (χ2n) is 16.0. The van der Waals surface area contributed by atoms with Crippen molar-refractivity contribution in [3.8, 4) is 11.5 Å². The lowest BCUT2D eigenvalue weighted by Crippen LogP contribution is -2.41. The van der Waals surface area contributed by atoms with Crippen molar-refractivity contribution in [2.45, 2.75) is 117 Å². The predicted molar refractivity (Wildman–Crippen MR) is 201 cm³/mol. The molecule has 2 amide bonds. The molecule has 0 bridgehead atoms. The van der Waals surface area contributed by atoms with Gasteiger partial charge in [0.15, 0.2) is 0 Å². The minimum atomic E-state index is -0.481. The number of imidazole rings is 1. The zero-order chi connectivity index (χ0) is 36.6. The Bertz CT molecular complexity index is 1580. The van der Waals surface area contributed by atoms with E-state index in [-0.39, 0.29) is 12.2 Å². The van der Waals surface area contributed by atoms with Gasteiger partial charge in [-0.2, -0.15) is 0 Å². The fourth-order valence-electron chi connectivity index (χ4n) is 6.88. The van der Waals surface area contributed by atoms with Crippen LogP contribution < -0.4 is 9.47 Å². The molecule has 0 saturated carbocycles. The monoisotopic (exact) mass is 724 g/mol. The van der Waals surface area contributed by atoms with E-state index in [4.69, 9.17) is 35.5 Å². The molecule has 11 heteroatoms. The number of ether oxygens (including phenoxy) is 4. The molecular formula is C40H57ClN4O6. The maximum Gasteiger partial charge on any atom is 0.410 e. The van der Waals surface area contributed by atoms with Gasteiger partial charge in [-0.25, -0.2) is 14.6 Å². The van der Waals surface area contributed by atoms with E-state index < -0.39 is 11.2 Å². The smallest absolute Gasteiger partial charge is 0.410 e. The van der Waals surface area contributed by atoms with Gasteiger partial charge >= 0.3 is 12.2 Å². The number of hydrogen-bond acceptors (Lipinski definition) is 7. The summed E-state index contributed by atoms with van der Waals surface area (Å²) in [4.78, 5) is 33.7. The number of aryl methyl sites for hydroxylation is 1. The maximum atomic E-state index is 12.5. The van der Waals surface area contributed by atoms with E-state index in [2.05, 4.69) is 10.6 Å². The van der Waals surface area contributed by atoms with E-state index in [0.717, 1.165) is 112 Å². The minimum Gasteiger partial charge on any atom is -0.491 e. The minimum absolute atomic E-state index is 0.213. The summed E-state index contributed by atoms with van der Waals surface area (Å²) in [6.45, 7) is 16.1. The van der Waals surface area contributed by atoms with Gasteiger partial charge in [0.25, 0.3) is 0 Å². The second-order valence-corrected chi connectivity index (χ2v) is 16.4. The highest BCUT2D eigenvalue weighted by Gasteiger charge is 2.28. The molecule has 2 aromatic carbocycles. The highest BCUT2D eigenvalue weighted by atomic mass is 35.5. The SMILES string of the molecule is CC(C)(C)OC(=O)N1CCC(CCCOc2cccc3c2nc(COc2ccc(Cl)cc2)n3CCCC2CCN(C(=O)OC(C)(C)C)CC2)CC1. The van der Waals surface area contributed by atoms with Crippen LogP contribution in [0.1, 0.15) is 98.7 Å². The lowest BCUT2D eigenvalue weighted by Gasteiger charge is -2.33. The highest BCUT2D eigenvalue weighted by molar-refractivity contribution is 6.30.